The molecule has 1 aliphatic rings. The van der Waals surface area contributed by atoms with Crippen LogP contribution in [0.4, 0.5) is 10.1 Å². The molecule has 0 fully saturated rings. The molecule has 3 nitrogen and oxygen atoms in total. The maximum absolute atomic E-state index is 13.1. The first-order valence-electron chi connectivity index (χ1n) is 5.56. The number of benzene rings is 2. The van der Waals surface area contributed by atoms with Gasteiger partial charge in [-0.3, -0.25) is 0 Å². The summed E-state index contributed by atoms with van der Waals surface area (Å²) in [6.07, 6.45) is -0.560. The van der Waals surface area contributed by atoms with Crippen LogP contribution in [0.5, 0.6) is 0 Å². The van der Waals surface area contributed by atoms with Gasteiger partial charge >= 0.3 is 5.97 Å². The molecule has 2 aromatic carbocycles. The lowest BCUT2D eigenvalue weighted by Crippen LogP contribution is -2.10. The second-order valence-electron chi connectivity index (χ2n) is 4.03. The quantitative estimate of drug-likeness (QED) is 0.823. The highest BCUT2D eigenvalue weighted by Gasteiger charge is 2.30. The van der Waals surface area contributed by atoms with E-state index in [1.54, 1.807) is 24.3 Å². The summed E-state index contributed by atoms with van der Waals surface area (Å²) < 4.78 is 18.3. The van der Waals surface area contributed by atoms with Gasteiger partial charge < -0.3 is 10.1 Å². The molecule has 0 saturated carbocycles. The molecule has 0 bridgehead atoms. The fourth-order valence-corrected chi connectivity index (χ4v) is 1.98. The molecule has 0 radical (unpaired) electrons. The number of hydrogen-bond acceptors (Lipinski definition) is 3. The summed E-state index contributed by atoms with van der Waals surface area (Å²) in [6.45, 7) is 0. The number of nitrogens with one attached hydrogen (secondary N) is 1. The van der Waals surface area contributed by atoms with Crippen molar-refractivity contribution in [1.82, 2.24) is 0 Å². The zero-order valence-corrected chi connectivity index (χ0v) is 9.39. The van der Waals surface area contributed by atoms with Gasteiger partial charge in [0, 0.05) is 11.3 Å². The fraction of sp³-hybridized carbons (Fsp3) is 0.0714. The van der Waals surface area contributed by atoms with Crippen molar-refractivity contribution in [2.75, 3.05) is 5.32 Å². The first-order valence-corrected chi connectivity index (χ1v) is 5.56. The molecule has 0 aliphatic carbocycles. The van der Waals surface area contributed by atoms with E-state index in [4.69, 9.17) is 4.74 Å². The summed E-state index contributed by atoms with van der Waals surface area (Å²) >= 11 is 0. The Balaban J connectivity index is 1.90. The highest BCUT2D eigenvalue weighted by atomic mass is 19.1. The fourth-order valence-electron chi connectivity index (χ4n) is 1.98. The van der Waals surface area contributed by atoms with Crippen LogP contribution in [0.3, 0.4) is 0 Å². The van der Waals surface area contributed by atoms with Crippen LogP contribution in [0.25, 0.3) is 0 Å². The molecule has 2 aromatic rings. The molecule has 1 aliphatic heterocycles. The maximum Gasteiger partial charge on any atom is 0.340 e. The molecule has 1 atom stereocenters. The van der Waals surface area contributed by atoms with Crippen molar-refractivity contribution < 1.29 is 13.9 Å². The van der Waals surface area contributed by atoms with Crippen molar-refractivity contribution in [2.24, 2.45) is 0 Å². The van der Waals surface area contributed by atoms with Gasteiger partial charge in [0.15, 0.2) is 0 Å². The number of carbonyl (C=O) groups excluding carboxylic acids is 1. The van der Waals surface area contributed by atoms with E-state index in [9.17, 15) is 9.18 Å². The smallest absolute Gasteiger partial charge is 0.340 e. The van der Waals surface area contributed by atoms with Gasteiger partial charge in [-0.25, -0.2) is 9.18 Å². The summed E-state index contributed by atoms with van der Waals surface area (Å²) in [5.74, 6) is -0.697. The van der Waals surface area contributed by atoms with Crippen LogP contribution in [0.2, 0.25) is 0 Å². The Kier molecular flexibility index (Phi) is 2.48. The van der Waals surface area contributed by atoms with Crippen molar-refractivity contribution in [1.29, 1.82) is 0 Å². The number of cyclic esters (lactones) is 1. The van der Waals surface area contributed by atoms with Crippen molar-refractivity contribution in [2.45, 2.75) is 6.23 Å². The number of anilines is 1. The summed E-state index contributed by atoms with van der Waals surface area (Å²) in [5.41, 5.74) is 1.89. The monoisotopic (exact) mass is 243 g/mol. The summed E-state index contributed by atoms with van der Waals surface area (Å²) in [6, 6.07) is 13.2. The normalized spacial score (nSPS) is 17.2. The zero-order valence-electron chi connectivity index (χ0n) is 9.39. The van der Waals surface area contributed by atoms with Crippen molar-refractivity contribution in [3.05, 3.63) is 65.5 Å². The number of esters is 1. The topological polar surface area (TPSA) is 38.3 Å². The third-order valence-electron chi connectivity index (χ3n) is 2.81. The molecule has 90 valence electrons. The molecule has 0 saturated heterocycles. The van der Waals surface area contributed by atoms with E-state index in [2.05, 4.69) is 5.32 Å². The molecule has 0 unspecified atom stereocenters. The highest BCUT2D eigenvalue weighted by molar-refractivity contribution is 5.94. The van der Waals surface area contributed by atoms with E-state index in [-0.39, 0.29) is 11.8 Å². The molecular formula is C14H10FNO2. The van der Waals surface area contributed by atoms with E-state index >= 15 is 0 Å². The number of fused-ring (bicyclic) bond motifs is 1. The van der Waals surface area contributed by atoms with Crippen LogP contribution in [-0.4, -0.2) is 5.97 Å². The molecular weight excluding hydrogens is 233 g/mol. The van der Waals surface area contributed by atoms with E-state index < -0.39 is 6.23 Å². The molecule has 0 aromatic heterocycles. The van der Waals surface area contributed by atoms with E-state index in [0.29, 0.717) is 11.3 Å². The number of ether oxygens (including phenoxy) is 1. The Morgan fingerprint density at radius 2 is 1.94 bits per heavy atom. The highest BCUT2D eigenvalue weighted by Crippen LogP contribution is 2.31. The second-order valence-corrected chi connectivity index (χ2v) is 4.03. The minimum Gasteiger partial charge on any atom is -0.434 e. The number of hydrogen-bond donors (Lipinski definition) is 1. The number of halogens is 1. The van der Waals surface area contributed by atoms with Gasteiger partial charge in [-0.2, -0.15) is 0 Å². The van der Waals surface area contributed by atoms with Crippen LogP contribution in [-0.2, 0) is 4.74 Å². The third-order valence-corrected chi connectivity index (χ3v) is 2.81. The lowest BCUT2D eigenvalue weighted by atomic mass is 10.1. The predicted octanol–water partition coefficient (Wildman–Crippen LogP) is 3.11. The Morgan fingerprint density at radius 3 is 2.78 bits per heavy atom. The largest absolute Gasteiger partial charge is 0.434 e. The zero-order chi connectivity index (χ0) is 12.5. The number of rotatable bonds is 2. The van der Waals surface area contributed by atoms with Crippen molar-refractivity contribution in [3.8, 4) is 0 Å². The average Bonchev–Trinajstić information content (AvgIpc) is 2.67. The second kappa shape index (κ2) is 4.14. The van der Waals surface area contributed by atoms with Gasteiger partial charge in [0.1, 0.15) is 5.82 Å². The standard InChI is InChI=1S/C14H10FNO2/c15-9-4-3-5-10(8-9)16-13-11-6-1-2-7-12(11)14(17)18-13/h1-8,13,16H/t13-/m1/s1. The Hall–Kier alpha value is -2.36. The molecule has 0 spiro atoms. The Morgan fingerprint density at radius 1 is 1.11 bits per heavy atom. The first-order chi connectivity index (χ1) is 8.74. The minimum atomic E-state index is -0.560. The minimum absolute atomic E-state index is 0.336. The van der Waals surface area contributed by atoms with E-state index in [1.165, 1.54) is 12.1 Å². The third kappa shape index (κ3) is 1.82. The van der Waals surface area contributed by atoms with Crippen LogP contribution in [0.15, 0.2) is 48.5 Å². The molecule has 1 N–H and O–H groups in total. The number of carbonyl (C=O) groups is 1. The van der Waals surface area contributed by atoms with Crippen LogP contribution in [0, 0.1) is 5.82 Å². The lowest BCUT2D eigenvalue weighted by molar-refractivity contribution is 0.0437. The van der Waals surface area contributed by atoms with Gasteiger partial charge in [-0.05, 0) is 24.3 Å². The SMILES string of the molecule is O=C1O[C@@H](Nc2cccc(F)c2)c2ccccc21. The molecule has 1 heterocycles. The Labute approximate surface area is 103 Å². The summed E-state index contributed by atoms with van der Waals surface area (Å²) in [7, 11) is 0. The van der Waals surface area contributed by atoms with Gasteiger partial charge in [0.25, 0.3) is 0 Å². The molecule has 18 heavy (non-hydrogen) atoms. The van der Waals surface area contributed by atoms with Gasteiger partial charge in [-0.15, -0.1) is 0 Å². The summed E-state index contributed by atoms with van der Waals surface area (Å²) in [4.78, 5) is 11.6. The molecule has 3 rings (SSSR count). The van der Waals surface area contributed by atoms with Gasteiger partial charge in [-0.1, -0.05) is 24.3 Å². The van der Waals surface area contributed by atoms with Crippen LogP contribution >= 0.6 is 0 Å². The van der Waals surface area contributed by atoms with Crippen LogP contribution in [0.1, 0.15) is 22.1 Å². The lowest BCUT2D eigenvalue weighted by Gasteiger charge is -2.14. The Bertz CT molecular complexity index is 612. The molecule has 0 amide bonds. The van der Waals surface area contributed by atoms with Crippen molar-refractivity contribution in [3.63, 3.8) is 0 Å². The first kappa shape index (κ1) is 10.8. The van der Waals surface area contributed by atoms with Gasteiger partial charge in [0.05, 0.1) is 5.56 Å². The van der Waals surface area contributed by atoms with E-state index in [1.807, 2.05) is 12.1 Å². The van der Waals surface area contributed by atoms with Gasteiger partial charge in [0.2, 0.25) is 6.23 Å². The molecule has 4 heteroatoms. The predicted molar refractivity (Wildman–Crippen MR) is 64.6 cm³/mol. The average molecular weight is 243 g/mol. The summed E-state index contributed by atoms with van der Waals surface area (Å²) in [5, 5.41) is 2.99. The van der Waals surface area contributed by atoms with Crippen molar-refractivity contribution >= 4 is 11.7 Å². The maximum atomic E-state index is 13.1. The van der Waals surface area contributed by atoms with E-state index in [0.717, 1.165) is 5.56 Å². The van der Waals surface area contributed by atoms with Crippen LogP contribution < -0.4 is 5.32 Å².